The largest absolute Gasteiger partial charge is 0.412 e. The lowest BCUT2D eigenvalue weighted by Gasteiger charge is -2.31. The van der Waals surface area contributed by atoms with Gasteiger partial charge in [0, 0.05) is 5.04 Å². The van der Waals surface area contributed by atoms with Crippen molar-refractivity contribution in [3.8, 4) is 12.3 Å². The van der Waals surface area contributed by atoms with Gasteiger partial charge in [-0.05, 0) is 0 Å². The molecule has 60 valence electrons. The van der Waals surface area contributed by atoms with Crippen LogP contribution in [0.25, 0.3) is 0 Å². The van der Waals surface area contributed by atoms with Gasteiger partial charge in [-0.3, -0.25) is 0 Å². The normalized spacial score (nSPS) is 11.6. The zero-order valence-corrected chi connectivity index (χ0v) is 8.58. The van der Waals surface area contributed by atoms with Crippen LogP contribution in [0, 0.1) is 12.3 Å². The van der Waals surface area contributed by atoms with E-state index in [4.69, 9.17) is 6.42 Å². The molecule has 0 fully saturated rings. The van der Waals surface area contributed by atoms with Crippen molar-refractivity contribution in [3.05, 3.63) is 0 Å². The Morgan fingerprint density at radius 2 is 1.50 bits per heavy atom. The van der Waals surface area contributed by atoms with Gasteiger partial charge in [-0.15, -0.1) is 12.3 Å². The average Bonchev–Trinajstić information content (AvgIpc) is 1.64. The third-order valence-corrected chi connectivity index (χ3v) is 6.13. The van der Waals surface area contributed by atoms with Gasteiger partial charge in [0.15, 0.2) is 0 Å². The summed E-state index contributed by atoms with van der Waals surface area (Å²) in [5.41, 5.74) is 0. The highest BCUT2D eigenvalue weighted by Gasteiger charge is 2.32. The number of rotatable bonds is 1. The Bertz CT molecular complexity index is 136. The molecule has 2 N–H and O–H groups in total. The van der Waals surface area contributed by atoms with Crippen LogP contribution in [0.4, 0.5) is 0 Å². The van der Waals surface area contributed by atoms with Gasteiger partial charge in [-0.2, -0.15) is 0 Å². The van der Waals surface area contributed by atoms with Crippen LogP contribution in [0.2, 0.25) is 24.7 Å². The molecule has 0 aromatic heterocycles. The first-order chi connectivity index (χ1) is 3.81. The highest BCUT2D eigenvalue weighted by Crippen LogP contribution is 2.35. The van der Waals surface area contributed by atoms with Crippen LogP contribution in [0.5, 0.6) is 0 Å². The molecule has 10 heavy (non-hydrogen) atoms. The van der Waals surface area contributed by atoms with E-state index in [-0.39, 0.29) is 10.5 Å². The molecule has 1 nitrogen and oxygen atoms in total. The van der Waals surface area contributed by atoms with Crippen LogP contribution < -0.4 is 0 Å². The van der Waals surface area contributed by atoms with E-state index in [9.17, 15) is 0 Å². The monoisotopic (exact) mass is 158 g/mol. The Balaban J connectivity index is 0. The number of hydrogen-bond donors (Lipinski definition) is 0. The lowest BCUT2D eigenvalue weighted by molar-refractivity contribution is 0.824. The van der Waals surface area contributed by atoms with Crippen LogP contribution in [0.3, 0.4) is 0 Å². The van der Waals surface area contributed by atoms with E-state index in [0.29, 0.717) is 0 Å². The summed E-state index contributed by atoms with van der Waals surface area (Å²) in [7, 11) is -1.12. The van der Waals surface area contributed by atoms with Crippen molar-refractivity contribution >= 4 is 8.07 Å². The predicted octanol–water partition coefficient (Wildman–Crippen LogP) is 1.91. The molecule has 2 heteroatoms. The van der Waals surface area contributed by atoms with Crippen molar-refractivity contribution in [1.29, 1.82) is 0 Å². The van der Waals surface area contributed by atoms with E-state index in [0.717, 1.165) is 0 Å². The molecule has 0 rings (SSSR count). The second-order valence-electron chi connectivity index (χ2n) is 4.02. The van der Waals surface area contributed by atoms with Crippen molar-refractivity contribution in [3.63, 3.8) is 0 Å². The minimum absolute atomic E-state index is 0. The molecule has 0 spiro atoms. The van der Waals surface area contributed by atoms with Gasteiger partial charge in [-0.25, -0.2) is 0 Å². The Kier molecular flexibility index (Phi) is 4.00. The van der Waals surface area contributed by atoms with Crippen LogP contribution in [0.15, 0.2) is 0 Å². The second-order valence-corrected chi connectivity index (χ2v) is 9.77. The van der Waals surface area contributed by atoms with Gasteiger partial charge in [0.25, 0.3) is 0 Å². The van der Waals surface area contributed by atoms with Crippen LogP contribution >= 0.6 is 0 Å². The summed E-state index contributed by atoms with van der Waals surface area (Å²) < 4.78 is 0. The van der Waals surface area contributed by atoms with Gasteiger partial charge in [0.05, 0.1) is 8.07 Å². The van der Waals surface area contributed by atoms with E-state index in [1.807, 2.05) is 0 Å². The fourth-order valence-electron chi connectivity index (χ4n) is 0.217. The maximum absolute atomic E-state index is 5.38. The number of hydrogen-bond acceptors (Lipinski definition) is 0. The quantitative estimate of drug-likeness (QED) is 0.412. The molecule has 0 saturated heterocycles. The smallest absolute Gasteiger partial charge is 0.0644 e. The van der Waals surface area contributed by atoms with Crippen molar-refractivity contribution in [2.24, 2.45) is 0 Å². The summed E-state index contributed by atoms with van der Waals surface area (Å²) in [4.78, 5) is 0. The van der Waals surface area contributed by atoms with Crippen LogP contribution in [0.1, 0.15) is 13.8 Å². The van der Waals surface area contributed by atoms with E-state index < -0.39 is 8.07 Å². The topological polar surface area (TPSA) is 31.5 Å². The van der Waals surface area contributed by atoms with Gasteiger partial charge in [0.2, 0.25) is 0 Å². The fraction of sp³-hybridized carbons (Fsp3) is 0.750. The van der Waals surface area contributed by atoms with Gasteiger partial charge in [0.1, 0.15) is 0 Å². The molecule has 0 aliphatic carbocycles. The van der Waals surface area contributed by atoms with Gasteiger partial charge in [-0.1, -0.05) is 33.5 Å². The second kappa shape index (κ2) is 3.22. The summed E-state index contributed by atoms with van der Waals surface area (Å²) in [5.74, 6) is 2.84. The maximum atomic E-state index is 5.38. The first-order valence-corrected chi connectivity index (χ1v) is 6.79. The molecule has 0 aromatic rings. The average molecular weight is 158 g/mol. The molecule has 0 aliphatic heterocycles. The highest BCUT2D eigenvalue weighted by molar-refractivity contribution is 6.79. The predicted molar refractivity (Wildman–Crippen MR) is 49.8 cm³/mol. The molecule has 0 bridgehead atoms. The summed E-state index contributed by atoms with van der Waals surface area (Å²) in [6, 6.07) is 0. The molecule has 0 radical (unpaired) electrons. The summed E-state index contributed by atoms with van der Waals surface area (Å²) >= 11 is 0. The maximum Gasteiger partial charge on any atom is 0.0644 e. The van der Waals surface area contributed by atoms with Gasteiger partial charge < -0.3 is 5.48 Å². The minimum Gasteiger partial charge on any atom is -0.412 e. The first-order valence-electron chi connectivity index (χ1n) is 3.29. The molecular formula is C8H18OSi. The van der Waals surface area contributed by atoms with E-state index in [1.54, 1.807) is 0 Å². The minimum atomic E-state index is -1.12. The SMILES string of the molecule is C#CC(C)(C)[Si](C)(C)C.O. The third-order valence-electron chi connectivity index (χ3n) is 2.24. The summed E-state index contributed by atoms with van der Waals surface area (Å²) in [6.45, 7) is 11.2. The molecule has 0 unspecified atom stereocenters. The molecule has 0 aromatic carbocycles. The Morgan fingerprint density at radius 3 is 1.50 bits per heavy atom. The molecule has 0 atom stereocenters. The molecule has 0 heterocycles. The number of terminal acetylenes is 1. The van der Waals surface area contributed by atoms with E-state index in [1.165, 1.54) is 0 Å². The van der Waals surface area contributed by atoms with E-state index in [2.05, 4.69) is 39.4 Å². The van der Waals surface area contributed by atoms with E-state index >= 15 is 0 Å². The zero-order chi connectivity index (χ0) is 7.71. The molecular weight excluding hydrogens is 140 g/mol. The Labute approximate surface area is 65.2 Å². The standard InChI is InChI=1S/C8H16Si.H2O/c1-7-8(2,3)9(4,5)6;/h1H,2-6H3;1H2. The Morgan fingerprint density at radius 1 is 1.20 bits per heavy atom. The first kappa shape index (κ1) is 12.4. The third kappa shape index (κ3) is 2.55. The van der Waals surface area contributed by atoms with Crippen molar-refractivity contribution in [2.75, 3.05) is 0 Å². The lowest BCUT2D eigenvalue weighted by atomic mass is 10.2. The van der Waals surface area contributed by atoms with Crippen LogP contribution in [-0.2, 0) is 0 Å². The van der Waals surface area contributed by atoms with Gasteiger partial charge >= 0.3 is 0 Å². The van der Waals surface area contributed by atoms with Crippen molar-refractivity contribution in [1.82, 2.24) is 0 Å². The van der Waals surface area contributed by atoms with Crippen LogP contribution in [-0.4, -0.2) is 13.6 Å². The summed E-state index contributed by atoms with van der Waals surface area (Å²) in [6.07, 6.45) is 5.38. The zero-order valence-electron chi connectivity index (χ0n) is 7.58. The van der Waals surface area contributed by atoms with Crippen molar-refractivity contribution in [2.45, 2.75) is 38.5 Å². The molecule has 0 amide bonds. The molecule has 0 aliphatic rings. The fourth-order valence-corrected chi connectivity index (χ4v) is 0.650. The Hall–Kier alpha value is -0.263. The highest BCUT2D eigenvalue weighted by atomic mass is 28.3. The summed E-state index contributed by atoms with van der Waals surface area (Å²) in [5, 5.41) is 0.146. The van der Waals surface area contributed by atoms with Crippen molar-refractivity contribution < 1.29 is 5.48 Å². The lowest BCUT2D eigenvalue weighted by Crippen LogP contribution is -2.33. The molecule has 0 saturated carbocycles.